The molecule has 172 valence electrons. The molecule has 4 rings (SSSR count). The number of hydrogen-bond donors (Lipinski definition) is 3. The first kappa shape index (κ1) is 23.1. The van der Waals surface area contributed by atoms with E-state index in [0.717, 1.165) is 17.5 Å². The Morgan fingerprint density at radius 2 is 1.35 bits per heavy atom. The van der Waals surface area contributed by atoms with E-state index >= 15 is 0 Å². The number of nitrogens with two attached hydrogens (primary N) is 2. The van der Waals surface area contributed by atoms with Gasteiger partial charge in [0.2, 0.25) is 5.95 Å². The van der Waals surface area contributed by atoms with Gasteiger partial charge in [-0.2, -0.15) is 9.97 Å². The van der Waals surface area contributed by atoms with E-state index in [4.69, 9.17) is 16.6 Å². The van der Waals surface area contributed by atoms with Gasteiger partial charge < -0.3 is 16.6 Å². The molecule has 0 saturated carbocycles. The Hall–Kier alpha value is -4.10. The van der Waals surface area contributed by atoms with Crippen molar-refractivity contribution >= 4 is 11.9 Å². The summed E-state index contributed by atoms with van der Waals surface area (Å²) >= 11 is 0. The number of carboxylic acid groups (broad SMARTS) is 1. The molecule has 0 bridgehead atoms. The summed E-state index contributed by atoms with van der Waals surface area (Å²) in [6.45, 7) is 2.08. The average Bonchev–Trinajstić information content (AvgIpc) is 2.84. The van der Waals surface area contributed by atoms with Crippen molar-refractivity contribution in [3.05, 3.63) is 95.3 Å². The molecule has 1 aromatic heterocycles. The second kappa shape index (κ2) is 10.2. The number of hydrogen-bond acceptors (Lipinski definition) is 6. The zero-order valence-corrected chi connectivity index (χ0v) is 19.0. The maximum absolute atomic E-state index is 11.0. The van der Waals surface area contributed by atoms with E-state index in [0.29, 0.717) is 18.1 Å². The standard InChI is InChI=1S/C27H27N5O2/c1-17-2-9-20(10-3-17)21-11-4-18(5-12-21)8-15-24-30-25(32-27(29)31-24)22-13-6-19(7-14-22)16-23(28)26(33)34/h2-7,9-14,23H,8,15-16,28H2,1H3,(H,33,34)(H2,29,30,31,32)/t23-/m0/s1. The summed E-state index contributed by atoms with van der Waals surface area (Å²) in [4.78, 5) is 24.1. The van der Waals surface area contributed by atoms with Crippen LogP contribution in [0.1, 0.15) is 22.5 Å². The molecule has 0 saturated heterocycles. The van der Waals surface area contributed by atoms with Crippen molar-refractivity contribution in [1.29, 1.82) is 0 Å². The average molecular weight is 454 g/mol. The summed E-state index contributed by atoms with van der Waals surface area (Å²) in [5.74, 6) is 0.267. The lowest BCUT2D eigenvalue weighted by Gasteiger charge is -2.09. The van der Waals surface area contributed by atoms with E-state index in [9.17, 15) is 4.79 Å². The van der Waals surface area contributed by atoms with E-state index < -0.39 is 12.0 Å². The molecule has 0 aliphatic rings. The molecule has 1 atom stereocenters. The normalized spacial score (nSPS) is 11.8. The molecule has 0 unspecified atom stereocenters. The topological polar surface area (TPSA) is 128 Å². The molecule has 0 aliphatic heterocycles. The third kappa shape index (κ3) is 5.82. The highest BCUT2D eigenvalue weighted by Crippen LogP contribution is 2.21. The fraction of sp³-hybridized carbons (Fsp3) is 0.185. The molecule has 3 aromatic carbocycles. The van der Waals surface area contributed by atoms with Crippen molar-refractivity contribution < 1.29 is 9.90 Å². The van der Waals surface area contributed by atoms with Gasteiger partial charge in [0.05, 0.1) is 0 Å². The van der Waals surface area contributed by atoms with Gasteiger partial charge in [-0.1, -0.05) is 78.4 Å². The van der Waals surface area contributed by atoms with Gasteiger partial charge in [-0.15, -0.1) is 0 Å². The molecule has 7 heteroatoms. The van der Waals surface area contributed by atoms with E-state index in [1.54, 1.807) is 0 Å². The largest absolute Gasteiger partial charge is 0.480 e. The Balaban J connectivity index is 1.43. The lowest BCUT2D eigenvalue weighted by molar-refractivity contribution is -0.138. The van der Waals surface area contributed by atoms with Crippen LogP contribution in [0.5, 0.6) is 0 Å². The van der Waals surface area contributed by atoms with Crippen molar-refractivity contribution in [3.63, 3.8) is 0 Å². The summed E-state index contributed by atoms with van der Waals surface area (Å²) in [6, 6.07) is 23.4. The van der Waals surface area contributed by atoms with Crippen LogP contribution >= 0.6 is 0 Å². The number of nitrogen functional groups attached to an aromatic ring is 1. The Morgan fingerprint density at radius 3 is 1.97 bits per heavy atom. The van der Waals surface area contributed by atoms with E-state index in [1.165, 1.54) is 22.3 Å². The Labute approximate surface area is 198 Å². The van der Waals surface area contributed by atoms with Gasteiger partial charge in [-0.05, 0) is 42.0 Å². The highest BCUT2D eigenvalue weighted by molar-refractivity contribution is 5.73. The summed E-state index contributed by atoms with van der Waals surface area (Å²) in [5.41, 5.74) is 18.0. The van der Waals surface area contributed by atoms with Crippen LogP contribution in [0.4, 0.5) is 5.95 Å². The summed E-state index contributed by atoms with van der Waals surface area (Å²) in [7, 11) is 0. The molecule has 34 heavy (non-hydrogen) atoms. The van der Waals surface area contributed by atoms with Crippen LogP contribution < -0.4 is 11.5 Å². The van der Waals surface area contributed by atoms with Crippen LogP contribution in [0.15, 0.2) is 72.8 Å². The minimum atomic E-state index is -1.02. The zero-order chi connectivity index (χ0) is 24.1. The first-order chi connectivity index (χ1) is 16.4. The molecule has 0 spiro atoms. The van der Waals surface area contributed by atoms with Gasteiger partial charge in [0.25, 0.3) is 0 Å². The number of rotatable bonds is 8. The van der Waals surface area contributed by atoms with Crippen molar-refractivity contribution in [2.45, 2.75) is 32.2 Å². The second-order valence-corrected chi connectivity index (χ2v) is 8.34. The molecule has 1 heterocycles. The number of aromatic nitrogens is 3. The molecule has 4 aromatic rings. The monoisotopic (exact) mass is 453 g/mol. The van der Waals surface area contributed by atoms with Crippen LogP contribution in [0.2, 0.25) is 0 Å². The van der Waals surface area contributed by atoms with Gasteiger partial charge in [0.1, 0.15) is 11.9 Å². The third-order valence-electron chi connectivity index (χ3n) is 5.66. The third-order valence-corrected chi connectivity index (χ3v) is 5.66. The minimum absolute atomic E-state index is 0.173. The van der Waals surface area contributed by atoms with Gasteiger partial charge in [0, 0.05) is 12.0 Å². The summed E-state index contributed by atoms with van der Waals surface area (Å²) in [5, 5.41) is 8.98. The lowest BCUT2D eigenvalue weighted by Crippen LogP contribution is -2.32. The SMILES string of the molecule is Cc1ccc(-c2ccc(CCc3nc(N)nc(-c4ccc(C[C@H](N)C(=O)O)cc4)n3)cc2)cc1. The van der Waals surface area contributed by atoms with E-state index in [2.05, 4.69) is 70.4 Å². The molecule has 0 aliphatic carbocycles. The Bertz CT molecular complexity index is 1270. The van der Waals surface area contributed by atoms with Gasteiger partial charge in [-0.3, -0.25) is 4.79 Å². The first-order valence-corrected chi connectivity index (χ1v) is 11.1. The van der Waals surface area contributed by atoms with E-state index in [-0.39, 0.29) is 12.4 Å². The number of aryl methyl sites for hydroxylation is 3. The number of nitrogens with zero attached hydrogens (tertiary/aromatic N) is 3. The quantitative estimate of drug-likeness (QED) is 0.370. The number of carbonyl (C=O) groups is 1. The van der Waals surface area contributed by atoms with Gasteiger partial charge in [-0.25, -0.2) is 4.98 Å². The van der Waals surface area contributed by atoms with Crippen molar-refractivity contribution in [1.82, 2.24) is 15.0 Å². The van der Waals surface area contributed by atoms with Crippen LogP contribution in [-0.4, -0.2) is 32.1 Å². The zero-order valence-electron chi connectivity index (χ0n) is 19.0. The van der Waals surface area contributed by atoms with E-state index in [1.807, 2.05) is 24.3 Å². The predicted molar refractivity (Wildman–Crippen MR) is 133 cm³/mol. The lowest BCUT2D eigenvalue weighted by atomic mass is 10.0. The van der Waals surface area contributed by atoms with Crippen LogP contribution in [0, 0.1) is 6.92 Å². The number of aliphatic carboxylic acids is 1. The molecule has 7 nitrogen and oxygen atoms in total. The molecule has 5 N–H and O–H groups in total. The van der Waals surface area contributed by atoms with Crippen LogP contribution in [0.3, 0.4) is 0 Å². The minimum Gasteiger partial charge on any atom is -0.480 e. The highest BCUT2D eigenvalue weighted by atomic mass is 16.4. The maximum Gasteiger partial charge on any atom is 0.320 e. The fourth-order valence-corrected chi connectivity index (χ4v) is 3.68. The van der Waals surface area contributed by atoms with Crippen LogP contribution in [-0.2, 0) is 24.1 Å². The van der Waals surface area contributed by atoms with Gasteiger partial charge in [0.15, 0.2) is 5.82 Å². The Morgan fingerprint density at radius 1 is 0.794 bits per heavy atom. The molecule has 0 radical (unpaired) electrons. The molecular weight excluding hydrogens is 426 g/mol. The maximum atomic E-state index is 11.0. The first-order valence-electron chi connectivity index (χ1n) is 11.1. The predicted octanol–water partition coefficient (Wildman–Crippen LogP) is 3.84. The number of benzene rings is 3. The van der Waals surface area contributed by atoms with Crippen molar-refractivity contribution in [2.75, 3.05) is 5.73 Å². The smallest absolute Gasteiger partial charge is 0.320 e. The van der Waals surface area contributed by atoms with Gasteiger partial charge >= 0.3 is 5.97 Å². The number of anilines is 1. The van der Waals surface area contributed by atoms with Crippen molar-refractivity contribution in [2.24, 2.45) is 5.73 Å². The molecule has 0 amide bonds. The highest BCUT2D eigenvalue weighted by Gasteiger charge is 2.13. The van der Waals surface area contributed by atoms with Crippen LogP contribution in [0.25, 0.3) is 22.5 Å². The number of carboxylic acids is 1. The fourth-order valence-electron chi connectivity index (χ4n) is 3.68. The molecular formula is C27H27N5O2. The second-order valence-electron chi connectivity index (χ2n) is 8.34. The summed E-state index contributed by atoms with van der Waals surface area (Å²) < 4.78 is 0. The molecule has 0 fully saturated rings. The van der Waals surface area contributed by atoms with Crippen molar-refractivity contribution in [3.8, 4) is 22.5 Å². The summed E-state index contributed by atoms with van der Waals surface area (Å²) in [6.07, 6.45) is 1.67. The Kier molecular flexibility index (Phi) is 6.94.